The quantitative estimate of drug-likeness (QED) is 0.580. The third kappa shape index (κ3) is 2.01. The van der Waals surface area contributed by atoms with Gasteiger partial charge in [0.2, 0.25) is 11.8 Å². The molecular formula is C8H11N5O2. The summed E-state index contributed by atoms with van der Waals surface area (Å²) in [4.78, 5) is 22.1. The van der Waals surface area contributed by atoms with Gasteiger partial charge in [0.05, 0.1) is 19.0 Å². The van der Waals surface area contributed by atoms with E-state index in [0.29, 0.717) is 6.54 Å². The number of rotatable bonds is 3. The fraction of sp³-hybridized carbons (Fsp3) is 0.500. The molecule has 7 nitrogen and oxygen atoms in total. The minimum atomic E-state index is -0.450. The van der Waals surface area contributed by atoms with E-state index in [4.69, 9.17) is 0 Å². The van der Waals surface area contributed by atoms with Crippen molar-refractivity contribution in [2.75, 3.05) is 0 Å². The molecule has 0 saturated carbocycles. The predicted octanol–water partition coefficient (Wildman–Crippen LogP) is -1.68. The molecule has 2 amide bonds. The third-order valence-corrected chi connectivity index (χ3v) is 2.28. The van der Waals surface area contributed by atoms with Crippen molar-refractivity contribution in [1.82, 2.24) is 25.4 Å². The van der Waals surface area contributed by atoms with Crippen LogP contribution in [0.5, 0.6) is 0 Å². The molecule has 0 spiro atoms. The first-order valence-electron chi connectivity index (χ1n) is 4.57. The van der Waals surface area contributed by atoms with Crippen LogP contribution in [0.4, 0.5) is 0 Å². The van der Waals surface area contributed by atoms with Crippen molar-refractivity contribution in [1.29, 1.82) is 0 Å². The van der Waals surface area contributed by atoms with Gasteiger partial charge in [-0.3, -0.25) is 20.2 Å². The van der Waals surface area contributed by atoms with Crippen molar-refractivity contribution in [2.24, 2.45) is 7.05 Å². The topological polar surface area (TPSA) is 88.9 Å². The van der Waals surface area contributed by atoms with Gasteiger partial charge in [0, 0.05) is 7.05 Å². The first kappa shape index (κ1) is 9.78. The summed E-state index contributed by atoms with van der Waals surface area (Å²) < 4.78 is 1.75. The molecule has 1 aliphatic rings. The van der Waals surface area contributed by atoms with Crippen molar-refractivity contribution >= 4 is 11.8 Å². The molecule has 7 heteroatoms. The monoisotopic (exact) mass is 209 g/mol. The molecule has 1 fully saturated rings. The maximum Gasteiger partial charge on any atom is 0.244 e. The number of carbonyl (C=O) groups excluding carboxylic acids is 2. The largest absolute Gasteiger partial charge is 0.320 e. The Hall–Kier alpha value is -1.76. The van der Waals surface area contributed by atoms with Crippen LogP contribution in [0, 0.1) is 0 Å². The van der Waals surface area contributed by atoms with Crippen LogP contribution in [-0.2, 0) is 23.2 Å². The second-order valence-electron chi connectivity index (χ2n) is 3.41. The number of hydrogen-bond acceptors (Lipinski definition) is 5. The fourth-order valence-electron chi connectivity index (χ4n) is 1.40. The molecule has 1 aromatic heterocycles. The molecule has 0 aromatic carbocycles. The fourth-order valence-corrected chi connectivity index (χ4v) is 1.40. The van der Waals surface area contributed by atoms with Crippen LogP contribution in [0.15, 0.2) is 6.33 Å². The Labute approximate surface area is 85.9 Å². The zero-order valence-electron chi connectivity index (χ0n) is 8.23. The van der Waals surface area contributed by atoms with E-state index in [9.17, 15) is 9.59 Å². The lowest BCUT2D eigenvalue weighted by atomic mass is 10.2. The average molecular weight is 209 g/mol. The minimum Gasteiger partial charge on any atom is -0.320 e. The summed E-state index contributed by atoms with van der Waals surface area (Å²) in [5.74, 6) is 0.208. The number of imide groups is 1. The smallest absolute Gasteiger partial charge is 0.244 e. The van der Waals surface area contributed by atoms with Crippen molar-refractivity contribution in [3.63, 3.8) is 0 Å². The molecule has 80 valence electrons. The Bertz CT molecular complexity index is 399. The van der Waals surface area contributed by atoms with E-state index < -0.39 is 6.04 Å². The van der Waals surface area contributed by atoms with Crippen LogP contribution in [-0.4, -0.2) is 32.6 Å². The van der Waals surface area contributed by atoms with Gasteiger partial charge in [0.15, 0.2) is 0 Å². The maximum atomic E-state index is 11.2. The molecule has 2 heterocycles. The first-order valence-corrected chi connectivity index (χ1v) is 4.57. The highest BCUT2D eigenvalue weighted by molar-refractivity contribution is 6.05. The van der Waals surface area contributed by atoms with Crippen LogP contribution >= 0.6 is 0 Å². The second-order valence-corrected chi connectivity index (χ2v) is 3.41. The van der Waals surface area contributed by atoms with Gasteiger partial charge in [-0.1, -0.05) is 0 Å². The Morgan fingerprint density at radius 1 is 1.67 bits per heavy atom. The molecule has 0 bridgehead atoms. The zero-order chi connectivity index (χ0) is 10.8. The van der Waals surface area contributed by atoms with Crippen LogP contribution in [0.25, 0.3) is 0 Å². The molecule has 1 saturated heterocycles. The lowest BCUT2D eigenvalue weighted by Gasteiger charge is -2.07. The Balaban J connectivity index is 1.91. The van der Waals surface area contributed by atoms with Gasteiger partial charge < -0.3 is 4.57 Å². The summed E-state index contributed by atoms with van der Waals surface area (Å²) in [7, 11) is 1.82. The zero-order valence-corrected chi connectivity index (χ0v) is 8.23. The lowest BCUT2D eigenvalue weighted by Crippen LogP contribution is -2.36. The summed E-state index contributed by atoms with van der Waals surface area (Å²) in [6, 6.07) is -0.450. The van der Waals surface area contributed by atoms with Crippen LogP contribution in [0.2, 0.25) is 0 Å². The molecule has 1 aromatic rings. The van der Waals surface area contributed by atoms with Gasteiger partial charge >= 0.3 is 0 Å². The van der Waals surface area contributed by atoms with Crippen molar-refractivity contribution < 1.29 is 9.59 Å². The van der Waals surface area contributed by atoms with E-state index in [1.165, 1.54) is 0 Å². The number of nitrogens with zero attached hydrogens (tertiary/aromatic N) is 3. The van der Waals surface area contributed by atoms with E-state index in [2.05, 4.69) is 20.8 Å². The van der Waals surface area contributed by atoms with Gasteiger partial charge in [-0.25, -0.2) is 0 Å². The van der Waals surface area contributed by atoms with Crippen LogP contribution in [0.3, 0.4) is 0 Å². The molecule has 2 N–H and O–H groups in total. The summed E-state index contributed by atoms with van der Waals surface area (Å²) in [6.45, 7) is 0.419. The molecule has 0 radical (unpaired) electrons. The summed E-state index contributed by atoms with van der Waals surface area (Å²) in [5, 5.41) is 12.7. The minimum absolute atomic E-state index is 0.191. The molecular weight excluding hydrogens is 198 g/mol. The lowest BCUT2D eigenvalue weighted by molar-refractivity contribution is -0.125. The number of nitrogens with one attached hydrogen (secondary N) is 2. The molecule has 1 atom stereocenters. The van der Waals surface area contributed by atoms with Crippen molar-refractivity contribution in [2.45, 2.75) is 19.0 Å². The molecule has 15 heavy (non-hydrogen) atoms. The Morgan fingerprint density at radius 3 is 3.00 bits per heavy atom. The number of aromatic nitrogens is 3. The van der Waals surface area contributed by atoms with E-state index >= 15 is 0 Å². The van der Waals surface area contributed by atoms with Crippen LogP contribution < -0.4 is 10.6 Å². The molecule has 0 unspecified atom stereocenters. The molecule has 2 rings (SSSR count). The maximum absolute atomic E-state index is 11.2. The third-order valence-electron chi connectivity index (χ3n) is 2.28. The summed E-state index contributed by atoms with van der Waals surface area (Å²) in [6.07, 6.45) is 1.77. The van der Waals surface area contributed by atoms with Gasteiger partial charge in [-0.2, -0.15) is 0 Å². The van der Waals surface area contributed by atoms with Crippen molar-refractivity contribution in [3.05, 3.63) is 12.2 Å². The number of amides is 2. The van der Waals surface area contributed by atoms with E-state index in [1.807, 2.05) is 7.05 Å². The highest BCUT2D eigenvalue weighted by Gasteiger charge is 2.29. The predicted molar refractivity (Wildman–Crippen MR) is 49.4 cm³/mol. The highest BCUT2D eigenvalue weighted by Crippen LogP contribution is 2.02. The Morgan fingerprint density at radius 2 is 2.47 bits per heavy atom. The van der Waals surface area contributed by atoms with Gasteiger partial charge in [-0.15, -0.1) is 10.2 Å². The molecule has 1 aliphatic heterocycles. The number of carbonyl (C=O) groups is 2. The van der Waals surface area contributed by atoms with E-state index in [-0.39, 0.29) is 18.2 Å². The SMILES string of the molecule is Cn1cnnc1CN[C@@H]1CC(=O)NC1=O. The van der Waals surface area contributed by atoms with Gasteiger partial charge in [0.1, 0.15) is 12.2 Å². The standard InChI is InChI=1S/C8H11N5O2/c1-13-4-10-12-6(13)3-9-5-2-7(14)11-8(5)15/h4-5,9H,2-3H2,1H3,(H,11,14,15)/t5-/m1/s1. The average Bonchev–Trinajstić information content (AvgIpc) is 2.70. The molecule has 0 aliphatic carbocycles. The van der Waals surface area contributed by atoms with Gasteiger partial charge in [0.25, 0.3) is 0 Å². The highest BCUT2D eigenvalue weighted by atomic mass is 16.2. The number of hydrogen-bond donors (Lipinski definition) is 2. The Kier molecular flexibility index (Phi) is 2.46. The second kappa shape index (κ2) is 3.77. The summed E-state index contributed by atoms with van der Waals surface area (Å²) >= 11 is 0. The van der Waals surface area contributed by atoms with E-state index in [1.54, 1.807) is 10.9 Å². The normalized spacial score (nSPS) is 20.7. The number of aryl methyl sites for hydroxylation is 1. The van der Waals surface area contributed by atoms with Crippen LogP contribution in [0.1, 0.15) is 12.2 Å². The summed E-state index contributed by atoms with van der Waals surface area (Å²) in [5.41, 5.74) is 0. The van der Waals surface area contributed by atoms with Gasteiger partial charge in [-0.05, 0) is 0 Å². The van der Waals surface area contributed by atoms with Crippen molar-refractivity contribution in [3.8, 4) is 0 Å². The van der Waals surface area contributed by atoms with E-state index in [0.717, 1.165) is 5.82 Å². The first-order chi connectivity index (χ1) is 7.16.